The first-order valence-electron chi connectivity index (χ1n) is 11.2. The molecular weight excluding hydrogens is 436 g/mol. The SMILES string of the molecule is CCNC(=O)N(CCOC)CC(=O)N1N=C(c2ccc(OC)cc2OC)C[C@@H]1c1ccccc1. The highest BCUT2D eigenvalue weighted by molar-refractivity contribution is 6.05. The zero-order chi connectivity index (χ0) is 24.5. The van der Waals surface area contributed by atoms with Gasteiger partial charge in [-0.15, -0.1) is 0 Å². The summed E-state index contributed by atoms with van der Waals surface area (Å²) in [6.07, 6.45) is 0.512. The molecule has 3 amide bonds. The third-order valence-corrected chi connectivity index (χ3v) is 5.58. The Morgan fingerprint density at radius 1 is 1.12 bits per heavy atom. The average Bonchev–Trinajstić information content (AvgIpc) is 3.32. The van der Waals surface area contributed by atoms with Crippen LogP contribution < -0.4 is 14.8 Å². The molecule has 1 aliphatic heterocycles. The molecule has 0 saturated carbocycles. The molecule has 3 rings (SSSR count). The van der Waals surface area contributed by atoms with Gasteiger partial charge >= 0.3 is 6.03 Å². The summed E-state index contributed by atoms with van der Waals surface area (Å²) in [6.45, 7) is 2.80. The van der Waals surface area contributed by atoms with E-state index in [9.17, 15) is 9.59 Å². The van der Waals surface area contributed by atoms with Crippen LogP contribution in [0.3, 0.4) is 0 Å². The van der Waals surface area contributed by atoms with Crippen molar-refractivity contribution in [2.75, 3.05) is 47.6 Å². The van der Waals surface area contributed by atoms with Gasteiger partial charge in [0, 0.05) is 38.2 Å². The molecule has 9 heteroatoms. The number of benzene rings is 2. The topological polar surface area (TPSA) is 92.7 Å². The Morgan fingerprint density at radius 3 is 2.53 bits per heavy atom. The minimum atomic E-state index is -0.315. The first kappa shape index (κ1) is 25.0. The number of amides is 3. The molecule has 9 nitrogen and oxygen atoms in total. The minimum absolute atomic E-state index is 0.116. The summed E-state index contributed by atoms with van der Waals surface area (Å²) in [7, 11) is 4.74. The molecule has 182 valence electrons. The summed E-state index contributed by atoms with van der Waals surface area (Å²) >= 11 is 0. The molecule has 1 atom stereocenters. The number of nitrogens with one attached hydrogen (secondary N) is 1. The maximum atomic E-state index is 13.4. The molecule has 1 heterocycles. The van der Waals surface area contributed by atoms with Gasteiger partial charge in [-0.3, -0.25) is 4.79 Å². The summed E-state index contributed by atoms with van der Waals surface area (Å²) in [5.74, 6) is 1.00. The van der Waals surface area contributed by atoms with Gasteiger partial charge in [-0.1, -0.05) is 30.3 Å². The lowest BCUT2D eigenvalue weighted by atomic mass is 9.98. The molecule has 0 unspecified atom stereocenters. The highest BCUT2D eigenvalue weighted by atomic mass is 16.5. The number of hydrogen-bond donors (Lipinski definition) is 1. The van der Waals surface area contributed by atoms with Crippen molar-refractivity contribution >= 4 is 17.6 Å². The lowest BCUT2D eigenvalue weighted by molar-refractivity contribution is -0.133. The maximum absolute atomic E-state index is 13.4. The van der Waals surface area contributed by atoms with Gasteiger partial charge in [0.05, 0.1) is 32.6 Å². The van der Waals surface area contributed by atoms with E-state index in [-0.39, 0.29) is 24.5 Å². The average molecular weight is 469 g/mol. The second-order valence-corrected chi connectivity index (χ2v) is 7.73. The van der Waals surface area contributed by atoms with E-state index < -0.39 is 0 Å². The summed E-state index contributed by atoms with van der Waals surface area (Å²) in [4.78, 5) is 27.4. The first-order chi connectivity index (χ1) is 16.5. The van der Waals surface area contributed by atoms with Crippen molar-refractivity contribution in [1.29, 1.82) is 0 Å². The Balaban J connectivity index is 1.93. The second-order valence-electron chi connectivity index (χ2n) is 7.73. The van der Waals surface area contributed by atoms with Crippen LogP contribution in [0, 0.1) is 0 Å². The van der Waals surface area contributed by atoms with Crippen LogP contribution in [0.1, 0.15) is 30.5 Å². The van der Waals surface area contributed by atoms with Gasteiger partial charge in [-0.05, 0) is 24.6 Å². The van der Waals surface area contributed by atoms with E-state index in [1.165, 1.54) is 9.91 Å². The van der Waals surface area contributed by atoms with E-state index in [0.717, 1.165) is 16.8 Å². The number of urea groups is 1. The predicted octanol–water partition coefficient (Wildman–Crippen LogP) is 3.06. The predicted molar refractivity (Wildman–Crippen MR) is 129 cm³/mol. The molecule has 0 aromatic heterocycles. The van der Waals surface area contributed by atoms with Crippen molar-refractivity contribution in [2.24, 2.45) is 5.10 Å². The molecule has 0 bridgehead atoms. The second kappa shape index (κ2) is 12.0. The van der Waals surface area contributed by atoms with Crippen LogP contribution in [0.2, 0.25) is 0 Å². The van der Waals surface area contributed by atoms with Gasteiger partial charge in [0.15, 0.2) is 0 Å². The Kier molecular flexibility index (Phi) is 8.86. The van der Waals surface area contributed by atoms with Crippen molar-refractivity contribution in [3.63, 3.8) is 0 Å². The molecule has 0 radical (unpaired) electrons. The molecule has 2 aromatic rings. The Labute approximate surface area is 200 Å². The Morgan fingerprint density at radius 2 is 1.88 bits per heavy atom. The molecule has 1 N–H and O–H groups in total. The third kappa shape index (κ3) is 5.85. The molecule has 34 heavy (non-hydrogen) atoms. The van der Waals surface area contributed by atoms with Crippen LogP contribution in [0.5, 0.6) is 11.5 Å². The van der Waals surface area contributed by atoms with Gasteiger partial charge in [0.2, 0.25) is 0 Å². The quantitative estimate of drug-likeness (QED) is 0.579. The van der Waals surface area contributed by atoms with Gasteiger partial charge in [0.1, 0.15) is 18.0 Å². The fraction of sp³-hybridized carbons (Fsp3) is 0.400. The summed E-state index contributed by atoms with van der Waals surface area (Å²) in [6, 6.07) is 14.6. The van der Waals surface area contributed by atoms with Gasteiger partial charge in [0.25, 0.3) is 5.91 Å². The van der Waals surface area contributed by atoms with Crippen LogP contribution in [0.15, 0.2) is 53.6 Å². The smallest absolute Gasteiger partial charge is 0.317 e. The zero-order valence-electron chi connectivity index (χ0n) is 20.1. The van der Waals surface area contributed by atoms with Crippen molar-refractivity contribution in [2.45, 2.75) is 19.4 Å². The molecule has 0 spiro atoms. The fourth-order valence-electron chi connectivity index (χ4n) is 3.83. The van der Waals surface area contributed by atoms with Crippen LogP contribution in [0.25, 0.3) is 0 Å². The van der Waals surface area contributed by atoms with E-state index >= 15 is 0 Å². The largest absolute Gasteiger partial charge is 0.497 e. The number of ether oxygens (including phenoxy) is 3. The van der Waals surface area contributed by atoms with Gasteiger partial charge < -0.3 is 24.4 Å². The van der Waals surface area contributed by atoms with Gasteiger partial charge in [-0.2, -0.15) is 5.10 Å². The van der Waals surface area contributed by atoms with Crippen molar-refractivity contribution in [3.8, 4) is 11.5 Å². The summed E-state index contributed by atoms with van der Waals surface area (Å²) in [5.41, 5.74) is 2.48. The van der Waals surface area contributed by atoms with E-state index in [0.29, 0.717) is 37.6 Å². The number of nitrogens with zero attached hydrogens (tertiary/aromatic N) is 3. The number of hydrazone groups is 1. The number of methoxy groups -OCH3 is 3. The minimum Gasteiger partial charge on any atom is -0.497 e. The highest BCUT2D eigenvalue weighted by Crippen LogP contribution is 2.36. The van der Waals surface area contributed by atoms with Crippen molar-refractivity contribution in [3.05, 3.63) is 59.7 Å². The molecule has 0 fully saturated rings. The number of rotatable bonds is 10. The molecule has 1 aliphatic rings. The molecule has 2 aromatic carbocycles. The van der Waals surface area contributed by atoms with Gasteiger partial charge in [-0.25, -0.2) is 9.80 Å². The third-order valence-electron chi connectivity index (χ3n) is 5.58. The monoisotopic (exact) mass is 468 g/mol. The first-order valence-corrected chi connectivity index (χ1v) is 11.2. The van der Waals surface area contributed by atoms with E-state index in [2.05, 4.69) is 5.32 Å². The normalized spacial score (nSPS) is 15.0. The fourth-order valence-corrected chi connectivity index (χ4v) is 3.83. The van der Waals surface area contributed by atoms with Crippen LogP contribution in [0.4, 0.5) is 4.79 Å². The van der Waals surface area contributed by atoms with Crippen LogP contribution >= 0.6 is 0 Å². The van der Waals surface area contributed by atoms with Crippen molar-refractivity contribution < 1.29 is 23.8 Å². The summed E-state index contributed by atoms with van der Waals surface area (Å²) in [5, 5.41) is 8.94. The number of carbonyl (C=O) groups excluding carboxylic acids is 2. The number of carbonyl (C=O) groups is 2. The molecule has 0 aliphatic carbocycles. The summed E-state index contributed by atoms with van der Waals surface area (Å²) < 4.78 is 16.0. The van der Waals surface area contributed by atoms with E-state index in [1.807, 2.05) is 49.4 Å². The standard InChI is InChI=1S/C25H32N4O5/c1-5-26-25(31)28(13-14-32-2)17-24(30)29-22(18-9-7-6-8-10-18)16-21(27-29)20-12-11-19(33-3)15-23(20)34-4/h6-12,15,22H,5,13-14,16-17H2,1-4H3,(H,26,31)/t22-/m1/s1. The zero-order valence-corrected chi connectivity index (χ0v) is 20.1. The molecular formula is C25H32N4O5. The van der Waals surface area contributed by atoms with E-state index in [1.54, 1.807) is 27.4 Å². The van der Waals surface area contributed by atoms with Crippen molar-refractivity contribution in [1.82, 2.24) is 15.2 Å². The van der Waals surface area contributed by atoms with E-state index in [4.69, 9.17) is 19.3 Å². The van der Waals surface area contributed by atoms with Crippen LogP contribution in [-0.4, -0.2) is 75.1 Å². The lowest BCUT2D eigenvalue weighted by Crippen LogP contribution is -2.47. The van der Waals surface area contributed by atoms with Crippen LogP contribution in [-0.2, 0) is 9.53 Å². The molecule has 0 saturated heterocycles. The lowest BCUT2D eigenvalue weighted by Gasteiger charge is -2.27. The number of hydrogen-bond acceptors (Lipinski definition) is 6. The highest BCUT2D eigenvalue weighted by Gasteiger charge is 2.35. The Hall–Kier alpha value is -3.59. The maximum Gasteiger partial charge on any atom is 0.317 e. The Bertz CT molecular complexity index is 1010.